The van der Waals surface area contributed by atoms with E-state index in [9.17, 15) is 4.79 Å². The minimum Gasteiger partial charge on any atom is -0.492 e. The van der Waals surface area contributed by atoms with E-state index in [2.05, 4.69) is 10.6 Å². The van der Waals surface area contributed by atoms with E-state index in [1.165, 1.54) is 5.56 Å². The first kappa shape index (κ1) is 15.3. The Labute approximate surface area is 114 Å². The van der Waals surface area contributed by atoms with Gasteiger partial charge in [0.15, 0.2) is 0 Å². The quantitative estimate of drug-likeness (QED) is 0.729. The van der Waals surface area contributed by atoms with Gasteiger partial charge in [0.25, 0.3) is 0 Å². The maximum Gasteiger partial charge on any atom is 0.314 e. The lowest BCUT2D eigenvalue weighted by Gasteiger charge is -2.11. The zero-order valence-electron chi connectivity index (χ0n) is 11.9. The lowest BCUT2D eigenvalue weighted by Crippen LogP contribution is -2.40. The van der Waals surface area contributed by atoms with Crippen LogP contribution in [0, 0.1) is 6.92 Å². The van der Waals surface area contributed by atoms with Gasteiger partial charge < -0.3 is 20.3 Å². The topological polar surface area (TPSA) is 53.6 Å². The molecule has 0 aromatic heterocycles. The molecule has 0 spiro atoms. The number of nitrogens with zero attached hydrogens (tertiary/aromatic N) is 1. The molecule has 0 fully saturated rings. The van der Waals surface area contributed by atoms with Gasteiger partial charge in [-0.2, -0.15) is 0 Å². The summed E-state index contributed by atoms with van der Waals surface area (Å²) >= 11 is 0. The van der Waals surface area contributed by atoms with Crippen molar-refractivity contribution in [1.29, 1.82) is 0 Å². The highest BCUT2D eigenvalue weighted by Crippen LogP contribution is 2.10. The number of rotatable bonds is 7. The average molecular weight is 265 g/mol. The molecule has 0 aliphatic carbocycles. The Bertz CT molecular complexity index is 377. The molecule has 0 heterocycles. The highest BCUT2D eigenvalue weighted by Gasteiger charge is 1.99. The van der Waals surface area contributed by atoms with Crippen molar-refractivity contribution in [3.8, 4) is 5.75 Å². The first-order valence-corrected chi connectivity index (χ1v) is 6.44. The number of ether oxygens (including phenoxy) is 1. The molecule has 0 saturated carbocycles. The third kappa shape index (κ3) is 7.31. The van der Waals surface area contributed by atoms with Crippen LogP contribution in [0.25, 0.3) is 0 Å². The fourth-order valence-electron chi connectivity index (χ4n) is 1.42. The van der Waals surface area contributed by atoms with Gasteiger partial charge in [0.1, 0.15) is 12.4 Å². The summed E-state index contributed by atoms with van der Waals surface area (Å²) in [6.45, 7) is 4.44. The fraction of sp³-hybridized carbons (Fsp3) is 0.500. The summed E-state index contributed by atoms with van der Waals surface area (Å²) in [6.07, 6.45) is 0. The van der Waals surface area contributed by atoms with Crippen molar-refractivity contribution in [2.45, 2.75) is 6.92 Å². The summed E-state index contributed by atoms with van der Waals surface area (Å²) in [5.74, 6) is 0.820. The Morgan fingerprint density at radius 3 is 2.42 bits per heavy atom. The molecular formula is C14H23N3O2. The number of nitrogens with one attached hydrogen (secondary N) is 2. The summed E-state index contributed by atoms with van der Waals surface area (Å²) in [5, 5.41) is 5.52. The van der Waals surface area contributed by atoms with Crippen molar-refractivity contribution < 1.29 is 9.53 Å². The van der Waals surface area contributed by atoms with Crippen LogP contribution < -0.4 is 15.4 Å². The summed E-state index contributed by atoms with van der Waals surface area (Å²) < 4.78 is 5.50. The molecule has 0 aliphatic heterocycles. The van der Waals surface area contributed by atoms with Gasteiger partial charge >= 0.3 is 6.03 Å². The van der Waals surface area contributed by atoms with Crippen LogP contribution >= 0.6 is 0 Å². The Morgan fingerprint density at radius 2 is 1.79 bits per heavy atom. The number of amides is 2. The molecule has 106 valence electrons. The minimum absolute atomic E-state index is 0.158. The zero-order chi connectivity index (χ0) is 14.1. The molecule has 2 N–H and O–H groups in total. The normalized spacial score (nSPS) is 10.3. The maximum absolute atomic E-state index is 11.4. The van der Waals surface area contributed by atoms with Crippen LogP contribution in [0.3, 0.4) is 0 Å². The SMILES string of the molecule is Cc1ccc(OCCNC(=O)NCCN(C)C)cc1. The Balaban J connectivity index is 2.07. The van der Waals surface area contributed by atoms with Gasteiger partial charge in [-0.1, -0.05) is 17.7 Å². The molecule has 0 radical (unpaired) electrons. The number of urea groups is 1. The molecule has 19 heavy (non-hydrogen) atoms. The molecule has 0 atom stereocenters. The summed E-state index contributed by atoms with van der Waals surface area (Å²) in [4.78, 5) is 13.4. The Kier molecular flexibility index (Phi) is 6.74. The molecule has 1 rings (SSSR count). The van der Waals surface area contributed by atoms with Crippen LogP contribution in [-0.4, -0.2) is 51.3 Å². The van der Waals surface area contributed by atoms with Gasteiger partial charge in [-0.15, -0.1) is 0 Å². The number of hydrogen-bond acceptors (Lipinski definition) is 3. The van der Waals surface area contributed by atoms with Gasteiger partial charge in [-0.05, 0) is 33.2 Å². The second kappa shape index (κ2) is 8.37. The van der Waals surface area contributed by atoms with Gasteiger partial charge in [-0.3, -0.25) is 0 Å². The molecule has 0 unspecified atom stereocenters. The maximum atomic E-state index is 11.4. The van der Waals surface area contributed by atoms with Gasteiger partial charge in [0, 0.05) is 13.1 Å². The smallest absolute Gasteiger partial charge is 0.314 e. The van der Waals surface area contributed by atoms with E-state index in [0.29, 0.717) is 19.7 Å². The second-order valence-electron chi connectivity index (χ2n) is 4.65. The molecule has 0 saturated heterocycles. The lowest BCUT2D eigenvalue weighted by molar-refractivity contribution is 0.235. The van der Waals surface area contributed by atoms with Crippen LogP contribution in [0.4, 0.5) is 4.79 Å². The van der Waals surface area contributed by atoms with E-state index >= 15 is 0 Å². The molecule has 1 aromatic rings. The van der Waals surface area contributed by atoms with Crippen LogP contribution in [0.5, 0.6) is 5.75 Å². The monoisotopic (exact) mass is 265 g/mol. The second-order valence-corrected chi connectivity index (χ2v) is 4.65. The molecular weight excluding hydrogens is 242 g/mol. The Morgan fingerprint density at radius 1 is 1.16 bits per heavy atom. The van der Waals surface area contributed by atoms with Crippen molar-refractivity contribution >= 4 is 6.03 Å². The molecule has 0 aliphatic rings. The number of carbonyl (C=O) groups excluding carboxylic acids is 1. The summed E-state index contributed by atoms with van der Waals surface area (Å²) in [5.41, 5.74) is 1.20. The van der Waals surface area contributed by atoms with E-state index in [4.69, 9.17) is 4.74 Å². The largest absolute Gasteiger partial charge is 0.492 e. The molecule has 0 bridgehead atoms. The van der Waals surface area contributed by atoms with Crippen molar-refractivity contribution in [3.63, 3.8) is 0 Å². The van der Waals surface area contributed by atoms with E-state index in [1.807, 2.05) is 50.2 Å². The van der Waals surface area contributed by atoms with E-state index in [1.54, 1.807) is 0 Å². The van der Waals surface area contributed by atoms with Crippen LogP contribution in [-0.2, 0) is 0 Å². The van der Waals surface area contributed by atoms with Crippen LogP contribution in [0.15, 0.2) is 24.3 Å². The standard InChI is InChI=1S/C14H23N3O2/c1-12-4-6-13(7-5-12)19-11-9-16-14(18)15-8-10-17(2)3/h4-7H,8-11H2,1-3H3,(H2,15,16,18). The van der Waals surface area contributed by atoms with Crippen molar-refractivity contribution in [2.75, 3.05) is 40.3 Å². The van der Waals surface area contributed by atoms with Crippen molar-refractivity contribution in [2.24, 2.45) is 0 Å². The summed E-state index contributed by atoms with van der Waals surface area (Å²) in [6, 6.07) is 7.68. The average Bonchev–Trinajstić information content (AvgIpc) is 2.36. The van der Waals surface area contributed by atoms with Crippen LogP contribution in [0.2, 0.25) is 0 Å². The number of likely N-dealkylation sites (N-methyl/N-ethyl adjacent to an activating group) is 1. The number of aryl methyl sites for hydroxylation is 1. The Hall–Kier alpha value is -1.75. The third-order valence-electron chi connectivity index (χ3n) is 2.52. The molecule has 5 heteroatoms. The number of hydrogen-bond donors (Lipinski definition) is 2. The first-order chi connectivity index (χ1) is 9.08. The van der Waals surface area contributed by atoms with Crippen molar-refractivity contribution in [1.82, 2.24) is 15.5 Å². The van der Waals surface area contributed by atoms with Gasteiger partial charge in [-0.25, -0.2) is 4.79 Å². The predicted molar refractivity (Wildman–Crippen MR) is 76.6 cm³/mol. The van der Waals surface area contributed by atoms with E-state index < -0.39 is 0 Å². The third-order valence-corrected chi connectivity index (χ3v) is 2.52. The zero-order valence-corrected chi connectivity index (χ0v) is 11.9. The number of carbonyl (C=O) groups is 1. The lowest BCUT2D eigenvalue weighted by atomic mass is 10.2. The predicted octanol–water partition coefficient (Wildman–Crippen LogP) is 1.23. The highest BCUT2D eigenvalue weighted by atomic mass is 16.5. The van der Waals surface area contributed by atoms with Gasteiger partial charge in [0.2, 0.25) is 0 Å². The highest BCUT2D eigenvalue weighted by molar-refractivity contribution is 5.73. The van der Waals surface area contributed by atoms with Crippen molar-refractivity contribution in [3.05, 3.63) is 29.8 Å². The van der Waals surface area contributed by atoms with Crippen LogP contribution in [0.1, 0.15) is 5.56 Å². The minimum atomic E-state index is -0.158. The molecule has 5 nitrogen and oxygen atoms in total. The van der Waals surface area contributed by atoms with E-state index in [-0.39, 0.29) is 6.03 Å². The first-order valence-electron chi connectivity index (χ1n) is 6.44. The molecule has 2 amide bonds. The fourth-order valence-corrected chi connectivity index (χ4v) is 1.42. The van der Waals surface area contributed by atoms with Gasteiger partial charge in [0.05, 0.1) is 6.54 Å². The number of benzene rings is 1. The van der Waals surface area contributed by atoms with E-state index in [0.717, 1.165) is 12.3 Å². The summed E-state index contributed by atoms with van der Waals surface area (Å²) in [7, 11) is 3.93. The molecule has 1 aromatic carbocycles.